The van der Waals surface area contributed by atoms with E-state index in [0.717, 1.165) is 0 Å². The van der Waals surface area contributed by atoms with Crippen LogP contribution in [0.2, 0.25) is 0 Å². The lowest BCUT2D eigenvalue weighted by Crippen LogP contribution is -2.17. The number of alkyl halides is 3. The molecule has 0 aliphatic heterocycles. The highest BCUT2D eigenvalue weighted by Gasteiger charge is 2.27. The third-order valence-corrected chi connectivity index (χ3v) is 2.28. The smallest absolute Gasteiger partial charge is 0.411 e. The Morgan fingerprint density at radius 1 is 1.19 bits per heavy atom. The molecule has 1 aromatic carbocycles. The Bertz CT molecular complexity index is 586. The third-order valence-electron chi connectivity index (χ3n) is 2.28. The fourth-order valence-corrected chi connectivity index (χ4v) is 1.42. The van der Waals surface area contributed by atoms with Gasteiger partial charge in [-0.2, -0.15) is 18.2 Å². The number of para-hydroxylation sites is 2. The summed E-state index contributed by atoms with van der Waals surface area (Å²) >= 11 is 0. The summed E-state index contributed by atoms with van der Waals surface area (Å²) < 4.78 is 50.2. The van der Waals surface area contributed by atoms with Crippen molar-refractivity contribution >= 4 is 5.69 Å². The molecule has 0 atom stereocenters. The normalized spacial score (nSPS) is 11.6. The molecule has 0 amide bonds. The predicted molar refractivity (Wildman–Crippen MR) is 65.2 cm³/mol. The van der Waals surface area contributed by atoms with Gasteiger partial charge in [0, 0.05) is 0 Å². The van der Waals surface area contributed by atoms with Gasteiger partial charge in [-0.1, -0.05) is 17.3 Å². The number of rotatable bonds is 6. The lowest BCUT2D eigenvalue weighted by atomic mass is 10.3. The van der Waals surface area contributed by atoms with Crippen LogP contribution in [0.3, 0.4) is 0 Å². The number of nitrogens with zero attached hydrogens (tertiary/aromatic N) is 2. The largest absolute Gasteiger partial charge is 0.482 e. The van der Waals surface area contributed by atoms with E-state index in [4.69, 9.17) is 15.0 Å². The summed E-state index contributed by atoms with van der Waals surface area (Å²) in [5.74, 6) is 0.577. The standard InChI is InChI=1S/C12H12F3N3O3/c13-12(14,15)7-19-5-10-17-11(21-18-10)6-20-9-4-2-1-3-8(9)16/h1-4H,5-7,16H2. The van der Waals surface area contributed by atoms with E-state index in [0.29, 0.717) is 11.4 Å². The Morgan fingerprint density at radius 3 is 2.67 bits per heavy atom. The zero-order valence-electron chi connectivity index (χ0n) is 10.8. The molecule has 2 aromatic rings. The Labute approximate surface area is 117 Å². The van der Waals surface area contributed by atoms with E-state index in [1.165, 1.54) is 0 Å². The number of aromatic nitrogens is 2. The first-order valence-corrected chi connectivity index (χ1v) is 5.87. The maximum absolute atomic E-state index is 11.9. The Kier molecular flexibility index (Phi) is 4.63. The molecule has 0 saturated carbocycles. The number of halogens is 3. The molecule has 0 spiro atoms. The maximum atomic E-state index is 11.9. The molecule has 9 heteroatoms. The molecule has 0 aliphatic rings. The summed E-state index contributed by atoms with van der Waals surface area (Å²) in [7, 11) is 0. The molecule has 1 heterocycles. The molecule has 0 saturated heterocycles. The molecule has 114 valence electrons. The molecule has 6 nitrogen and oxygen atoms in total. The molecule has 2 N–H and O–H groups in total. The van der Waals surface area contributed by atoms with Gasteiger partial charge in [0.2, 0.25) is 0 Å². The Morgan fingerprint density at radius 2 is 1.95 bits per heavy atom. The van der Waals surface area contributed by atoms with Crippen LogP contribution in [0.4, 0.5) is 18.9 Å². The number of benzene rings is 1. The topological polar surface area (TPSA) is 83.4 Å². The van der Waals surface area contributed by atoms with Crippen LogP contribution in [0.25, 0.3) is 0 Å². The number of hydrogen-bond donors (Lipinski definition) is 1. The lowest BCUT2D eigenvalue weighted by molar-refractivity contribution is -0.177. The Hall–Kier alpha value is -2.29. The molecular weight excluding hydrogens is 291 g/mol. The highest BCUT2D eigenvalue weighted by Crippen LogP contribution is 2.20. The number of hydrogen-bond acceptors (Lipinski definition) is 6. The first-order chi connectivity index (χ1) is 9.94. The van der Waals surface area contributed by atoms with Crippen molar-refractivity contribution in [2.45, 2.75) is 19.4 Å². The van der Waals surface area contributed by atoms with Gasteiger partial charge in [-0.15, -0.1) is 0 Å². The van der Waals surface area contributed by atoms with E-state index in [9.17, 15) is 13.2 Å². The van der Waals surface area contributed by atoms with Crippen molar-refractivity contribution in [3.05, 3.63) is 36.0 Å². The van der Waals surface area contributed by atoms with E-state index in [2.05, 4.69) is 14.9 Å². The summed E-state index contributed by atoms with van der Waals surface area (Å²) in [6.45, 7) is -1.80. The van der Waals surface area contributed by atoms with Gasteiger partial charge < -0.3 is 19.7 Å². The van der Waals surface area contributed by atoms with E-state index in [1.807, 2.05) is 0 Å². The van der Waals surface area contributed by atoms with Crippen molar-refractivity contribution in [2.75, 3.05) is 12.3 Å². The third kappa shape index (κ3) is 4.95. The molecule has 2 rings (SSSR count). The van der Waals surface area contributed by atoms with E-state index < -0.39 is 19.4 Å². The number of nitrogen functional groups attached to an aromatic ring is 1. The molecule has 0 bridgehead atoms. The summed E-state index contributed by atoms with van der Waals surface area (Å²) in [6, 6.07) is 6.83. The van der Waals surface area contributed by atoms with Crippen molar-refractivity contribution in [1.29, 1.82) is 0 Å². The van der Waals surface area contributed by atoms with Crippen LogP contribution >= 0.6 is 0 Å². The fourth-order valence-electron chi connectivity index (χ4n) is 1.42. The van der Waals surface area contributed by atoms with Crippen LogP contribution in [0.15, 0.2) is 28.8 Å². The first-order valence-electron chi connectivity index (χ1n) is 5.87. The van der Waals surface area contributed by atoms with Crippen LogP contribution < -0.4 is 10.5 Å². The van der Waals surface area contributed by atoms with Crippen LogP contribution in [-0.4, -0.2) is 22.9 Å². The number of ether oxygens (including phenoxy) is 2. The molecule has 21 heavy (non-hydrogen) atoms. The predicted octanol–water partition coefficient (Wildman–Crippen LogP) is 2.31. The second kappa shape index (κ2) is 6.44. The zero-order chi connectivity index (χ0) is 15.3. The highest BCUT2D eigenvalue weighted by molar-refractivity contribution is 5.51. The first kappa shape index (κ1) is 15.1. The number of anilines is 1. The lowest BCUT2D eigenvalue weighted by Gasteiger charge is -2.05. The van der Waals surface area contributed by atoms with Crippen molar-refractivity contribution in [2.24, 2.45) is 0 Å². The van der Waals surface area contributed by atoms with Crippen molar-refractivity contribution in [3.8, 4) is 5.75 Å². The molecule has 0 unspecified atom stereocenters. The molecule has 1 aromatic heterocycles. The van der Waals surface area contributed by atoms with Crippen molar-refractivity contribution < 1.29 is 27.2 Å². The van der Waals surface area contributed by atoms with Crippen molar-refractivity contribution in [1.82, 2.24) is 10.1 Å². The van der Waals surface area contributed by atoms with Crippen LogP contribution in [-0.2, 0) is 18.0 Å². The van der Waals surface area contributed by atoms with E-state index >= 15 is 0 Å². The van der Waals surface area contributed by atoms with Gasteiger partial charge in [-0.25, -0.2) is 0 Å². The SMILES string of the molecule is Nc1ccccc1OCc1nc(COCC(F)(F)F)no1. The minimum Gasteiger partial charge on any atom is -0.482 e. The van der Waals surface area contributed by atoms with Gasteiger partial charge >= 0.3 is 6.18 Å². The van der Waals surface area contributed by atoms with Gasteiger partial charge in [0.15, 0.2) is 12.4 Å². The summed E-state index contributed by atoms with van der Waals surface area (Å²) in [5.41, 5.74) is 6.13. The van der Waals surface area contributed by atoms with Gasteiger partial charge in [0.25, 0.3) is 5.89 Å². The minimum absolute atomic E-state index is 0.0129. The summed E-state index contributed by atoms with van der Waals surface area (Å²) in [5, 5.41) is 3.48. The van der Waals surface area contributed by atoms with Crippen molar-refractivity contribution in [3.63, 3.8) is 0 Å². The monoisotopic (exact) mass is 303 g/mol. The molecule has 0 aliphatic carbocycles. The minimum atomic E-state index is -4.39. The second-order valence-electron chi connectivity index (χ2n) is 4.04. The van der Waals surface area contributed by atoms with Gasteiger partial charge in [0.05, 0.1) is 5.69 Å². The summed E-state index contributed by atoms with van der Waals surface area (Å²) in [6.07, 6.45) is -4.39. The van der Waals surface area contributed by atoms with Gasteiger partial charge in [0.1, 0.15) is 19.0 Å². The average Bonchev–Trinajstić information content (AvgIpc) is 2.84. The fraction of sp³-hybridized carbons (Fsp3) is 0.333. The van der Waals surface area contributed by atoms with Crippen LogP contribution in [0, 0.1) is 0 Å². The molecule has 0 fully saturated rings. The summed E-state index contributed by atoms with van der Waals surface area (Å²) in [4.78, 5) is 3.84. The zero-order valence-corrected chi connectivity index (χ0v) is 10.8. The van der Waals surface area contributed by atoms with Crippen LogP contribution in [0.5, 0.6) is 5.75 Å². The van der Waals surface area contributed by atoms with Gasteiger partial charge in [-0.3, -0.25) is 0 Å². The highest BCUT2D eigenvalue weighted by atomic mass is 19.4. The van der Waals surface area contributed by atoms with Crippen LogP contribution in [0.1, 0.15) is 11.7 Å². The van der Waals surface area contributed by atoms with E-state index in [1.54, 1.807) is 24.3 Å². The molecular formula is C12H12F3N3O3. The average molecular weight is 303 g/mol. The number of nitrogens with two attached hydrogens (primary N) is 1. The van der Waals surface area contributed by atoms with E-state index in [-0.39, 0.29) is 18.3 Å². The second-order valence-corrected chi connectivity index (χ2v) is 4.04. The Balaban J connectivity index is 1.82. The quantitative estimate of drug-likeness (QED) is 0.824. The maximum Gasteiger partial charge on any atom is 0.411 e. The molecule has 0 radical (unpaired) electrons. The van der Waals surface area contributed by atoms with Gasteiger partial charge in [-0.05, 0) is 12.1 Å².